The molecule has 0 heterocycles. The summed E-state index contributed by atoms with van der Waals surface area (Å²) in [5, 5.41) is 2.98. The van der Waals surface area contributed by atoms with Gasteiger partial charge >= 0.3 is 56.5 Å². The summed E-state index contributed by atoms with van der Waals surface area (Å²) < 4.78 is 0.651. The van der Waals surface area contributed by atoms with Gasteiger partial charge in [0, 0.05) is 0 Å². The molecule has 5 N–H and O–H groups in total. The second-order valence-corrected chi connectivity index (χ2v) is 2.11. The number of nitrogens with two attached hydrogens (primary N) is 2. The fraction of sp³-hybridized carbons (Fsp3) is 0.750. The number of hydrogen-bond acceptors (Lipinski definition) is 3. The normalized spacial score (nSPS) is 9.25. The van der Waals surface area contributed by atoms with E-state index in [4.69, 9.17) is 11.5 Å². The standard InChI is InChI=1S/C4H11N3.Fe/c5-1-3-7-4-2-6;/h7H,1,3-6H2;/q;+1. The van der Waals surface area contributed by atoms with Gasteiger partial charge in [-0.25, -0.2) is 0 Å². The Morgan fingerprint density at radius 3 is 2.62 bits per heavy atom. The molecule has 4 heteroatoms. The topological polar surface area (TPSA) is 64.1 Å². The van der Waals surface area contributed by atoms with Crippen LogP contribution in [0.1, 0.15) is 0 Å². The van der Waals surface area contributed by atoms with Crippen LogP contribution in [0.2, 0.25) is 0 Å². The first-order valence-corrected chi connectivity index (χ1v) is 2.99. The van der Waals surface area contributed by atoms with E-state index in [1.54, 1.807) is 0 Å². The zero-order chi connectivity index (χ0) is 6.41. The van der Waals surface area contributed by atoms with Crippen LogP contribution in [0, 0.1) is 0 Å². The van der Waals surface area contributed by atoms with Gasteiger partial charge in [-0.15, -0.1) is 0 Å². The van der Waals surface area contributed by atoms with E-state index in [0.29, 0.717) is 17.6 Å². The second-order valence-electron chi connectivity index (χ2n) is 1.40. The van der Waals surface area contributed by atoms with Gasteiger partial charge in [-0.3, -0.25) is 0 Å². The molecule has 49 valence electrons. The summed E-state index contributed by atoms with van der Waals surface area (Å²) in [5.41, 5.74) is 10.4. The number of hydrogen-bond donors (Lipinski definition) is 3. The molecule has 8 heavy (non-hydrogen) atoms. The molecule has 0 bridgehead atoms. The van der Waals surface area contributed by atoms with Crippen LogP contribution < -0.4 is 16.8 Å². The third-order valence-electron chi connectivity index (χ3n) is 0.611. The van der Waals surface area contributed by atoms with Crippen molar-refractivity contribution in [3.63, 3.8) is 0 Å². The molecule has 0 fully saturated rings. The van der Waals surface area contributed by atoms with Crippen LogP contribution in [-0.4, -0.2) is 24.2 Å². The average Bonchev–Trinajstić information content (AvgIpc) is 1.66. The molecule has 0 saturated carbocycles. The van der Waals surface area contributed by atoms with Gasteiger partial charge in [0.25, 0.3) is 0 Å². The molecule has 0 radical (unpaired) electrons. The minimum absolute atomic E-state index is 0.646. The summed E-state index contributed by atoms with van der Waals surface area (Å²) in [6, 6.07) is 0. The molecular weight excluding hydrogens is 146 g/mol. The average molecular weight is 157 g/mol. The van der Waals surface area contributed by atoms with E-state index in [9.17, 15) is 0 Å². The van der Waals surface area contributed by atoms with Crippen molar-refractivity contribution in [1.82, 2.24) is 5.32 Å². The van der Waals surface area contributed by atoms with Crippen LogP contribution >= 0.6 is 0 Å². The summed E-state index contributed by atoms with van der Waals surface area (Å²) in [6.07, 6.45) is 0. The Morgan fingerprint density at radius 2 is 2.25 bits per heavy atom. The molecule has 0 unspecified atom stereocenters. The molecule has 0 rings (SSSR count). The van der Waals surface area contributed by atoms with Crippen LogP contribution in [0.5, 0.6) is 0 Å². The molecule has 0 aromatic heterocycles. The van der Waals surface area contributed by atoms with Crippen molar-refractivity contribution in [2.45, 2.75) is 0 Å². The SMILES string of the molecule is NCCNC[C](N)=[Fe+]. The van der Waals surface area contributed by atoms with Gasteiger partial charge in [-0.1, -0.05) is 0 Å². The minimum atomic E-state index is 0.646. The molecule has 0 amide bonds. The van der Waals surface area contributed by atoms with Gasteiger partial charge in [0.1, 0.15) is 0 Å². The first-order valence-electron chi connectivity index (χ1n) is 2.43. The molecule has 0 atom stereocenters. The summed E-state index contributed by atoms with van der Waals surface area (Å²) in [5.74, 6) is 0. The van der Waals surface area contributed by atoms with Gasteiger partial charge in [-0.05, 0) is 0 Å². The van der Waals surface area contributed by atoms with Crippen molar-refractivity contribution in [2.75, 3.05) is 19.6 Å². The van der Waals surface area contributed by atoms with Gasteiger partial charge in [-0.2, -0.15) is 0 Å². The summed E-state index contributed by atoms with van der Waals surface area (Å²) in [7, 11) is 0. The van der Waals surface area contributed by atoms with Gasteiger partial charge in [0.05, 0.1) is 0 Å². The molecule has 3 nitrogen and oxygen atoms in total. The molecular formula is C4H11FeN3+. The maximum absolute atomic E-state index is 5.24. The molecule has 0 aliphatic carbocycles. The van der Waals surface area contributed by atoms with Gasteiger partial charge in [0.15, 0.2) is 0 Å². The number of nitrogens with one attached hydrogen (secondary N) is 1. The summed E-state index contributed by atoms with van der Waals surface area (Å²) in [4.78, 5) is 0. The Hall–Kier alpha value is 0.269. The van der Waals surface area contributed by atoms with Crippen molar-refractivity contribution < 1.29 is 15.6 Å². The Labute approximate surface area is 57.2 Å². The molecule has 0 aliphatic heterocycles. The molecule has 0 saturated heterocycles. The van der Waals surface area contributed by atoms with E-state index in [0.717, 1.165) is 6.54 Å². The van der Waals surface area contributed by atoms with E-state index in [-0.39, 0.29) is 0 Å². The fourth-order valence-corrected chi connectivity index (χ4v) is 0.445. The predicted octanol–water partition coefficient (Wildman–Crippen LogP) is -1.83. The van der Waals surface area contributed by atoms with Crippen molar-refractivity contribution in [1.29, 1.82) is 0 Å². The van der Waals surface area contributed by atoms with Crippen molar-refractivity contribution >= 4 is 4.54 Å². The summed E-state index contributed by atoms with van der Waals surface area (Å²) in [6.45, 7) is 2.11. The Kier molecular flexibility index (Phi) is 5.59. The van der Waals surface area contributed by atoms with Crippen molar-refractivity contribution in [3.8, 4) is 0 Å². The molecule has 0 spiro atoms. The van der Waals surface area contributed by atoms with Crippen LogP contribution in [-0.2, 0) is 15.6 Å². The van der Waals surface area contributed by atoms with E-state index in [1.807, 2.05) is 0 Å². The Balaban J connectivity index is 2.82. The predicted molar refractivity (Wildman–Crippen MR) is 31.1 cm³/mol. The monoisotopic (exact) mass is 157 g/mol. The van der Waals surface area contributed by atoms with Gasteiger partial charge in [0.2, 0.25) is 0 Å². The van der Waals surface area contributed by atoms with E-state index < -0.39 is 0 Å². The second kappa shape index (κ2) is 5.41. The summed E-state index contributed by atoms with van der Waals surface area (Å²) >= 11 is 3.50. The Morgan fingerprint density at radius 1 is 1.62 bits per heavy atom. The molecule has 0 aromatic carbocycles. The third kappa shape index (κ3) is 6.27. The van der Waals surface area contributed by atoms with Gasteiger partial charge < -0.3 is 0 Å². The van der Waals surface area contributed by atoms with Crippen molar-refractivity contribution in [3.05, 3.63) is 0 Å². The quantitative estimate of drug-likeness (QED) is 0.332. The zero-order valence-corrected chi connectivity index (χ0v) is 5.73. The van der Waals surface area contributed by atoms with Crippen molar-refractivity contribution in [2.24, 2.45) is 11.5 Å². The Bertz CT molecular complexity index is 73.7. The fourth-order valence-electron chi connectivity index (χ4n) is 0.307. The molecule has 0 aliphatic rings. The van der Waals surface area contributed by atoms with E-state index >= 15 is 0 Å². The third-order valence-corrected chi connectivity index (χ3v) is 0.806. The first-order chi connectivity index (χ1) is 3.77. The van der Waals surface area contributed by atoms with Crippen LogP contribution in [0.15, 0.2) is 0 Å². The van der Waals surface area contributed by atoms with E-state index in [1.165, 1.54) is 0 Å². The van der Waals surface area contributed by atoms with Crippen LogP contribution in [0.3, 0.4) is 0 Å². The zero-order valence-electron chi connectivity index (χ0n) is 4.63. The molecule has 0 aromatic rings. The van der Waals surface area contributed by atoms with Crippen LogP contribution in [0.25, 0.3) is 0 Å². The number of rotatable bonds is 4. The van der Waals surface area contributed by atoms with E-state index in [2.05, 4.69) is 20.9 Å². The maximum atomic E-state index is 5.24. The first kappa shape index (κ1) is 8.27. The van der Waals surface area contributed by atoms with Crippen LogP contribution in [0.4, 0.5) is 0 Å².